The third kappa shape index (κ3) is 3.09. The highest BCUT2D eigenvalue weighted by Crippen LogP contribution is 2.22. The van der Waals surface area contributed by atoms with E-state index in [-0.39, 0.29) is 5.91 Å². The van der Waals surface area contributed by atoms with Gasteiger partial charge in [0.1, 0.15) is 0 Å². The third-order valence-corrected chi connectivity index (χ3v) is 4.86. The van der Waals surface area contributed by atoms with Crippen LogP contribution in [-0.2, 0) is 0 Å². The van der Waals surface area contributed by atoms with Crippen molar-refractivity contribution < 1.29 is 4.79 Å². The van der Waals surface area contributed by atoms with Gasteiger partial charge in [-0.1, -0.05) is 30.3 Å². The molecule has 3 heteroatoms. The Morgan fingerprint density at radius 1 is 0.826 bits per heavy atom. The van der Waals surface area contributed by atoms with Gasteiger partial charge in [0.15, 0.2) is 0 Å². The third-order valence-electron chi connectivity index (χ3n) is 4.86. The first-order chi connectivity index (χ1) is 11.1. The van der Waals surface area contributed by atoms with Crippen LogP contribution in [-0.4, -0.2) is 37.0 Å². The van der Waals surface area contributed by atoms with E-state index in [0.717, 1.165) is 37.3 Å². The van der Waals surface area contributed by atoms with Gasteiger partial charge in [-0.3, -0.25) is 4.79 Å². The molecule has 3 nitrogen and oxygen atoms in total. The molecule has 0 saturated carbocycles. The van der Waals surface area contributed by atoms with Gasteiger partial charge in [0.2, 0.25) is 0 Å². The highest BCUT2D eigenvalue weighted by molar-refractivity contribution is 5.96. The zero-order chi connectivity index (χ0) is 16.4. The summed E-state index contributed by atoms with van der Waals surface area (Å²) >= 11 is 0. The molecule has 1 amide bonds. The molecule has 120 valence electrons. The molecule has 2 aromatic carbocycles. The quantitative estimate of drug-likeness (QED) is 0.846. The van der Waals surface area contributed by atoms with Crippen molar-refractivity contribution in [3.63, 3.8) is 0 Å². The first-order valence-corrected chi connectivity index (χ1v) is 8.24. The zero-order valence-electron chi connectivity index (χ0n) is 14.2. The van der Waals surface area contributed by atoms with Crippen LogP contribution in [0.25, 0.3) is 0 Å². The summed E-state index contributed by atoms with van der Waals surface area (Å²) in [5, 5.41) is 0. The summed E-state index contributed by atoms with van der Waals surface area (Å²) in [5.41, 5.74) is 5.69. The topological polar surface area (TPSA) is 23.6 Å². The van der Waals surface area contributed by atoms with Crippen LogP contribution >= 0.6 is 0 Å². The van der Waals surface area contributed by atoms with Gasteiger partial charge in [0, 0.05) is 37.4 Å². The molecule has 0 radical (unpaired) electrons. The van der Waals surface area contributed by atoms with Crippen molar-refractivity contribution in [3.05, 3.63) is 64.7 Å². The summed E-state index contributed by atoms with van der Waals surface area (Å²) in [7, 11) is 0. The molecule has 0 aliphatic carbocycles. The number of piperazine rings is 1. The maximum atomic E-state index is 12.8. The first kappa shape index (κ1) is 15.6. The molecule has 1 heterocycles. The number of aryl methyl sites for hydroxylation is 2. The minimum atomic E-state index is 0.163. The van der Waals surface area contributed by atoms with Crippen LogP contribution in [0.4, 0.5) is 5.69 Å². The number of amides is 1. The van der Waals surface area contributed by atoms with Crippen molar-refractivity contribution in [2.24, 2.45) is 0 Å². The van der Waals surface area contributed by atoms with E-state index >= 15 is 0 Å². The van der Waals surface area contributed by atoms with Gasteiger partial charge < -0.3 is 9.80 Å². The monoisotopic (exact) mass is 308 g/mol. The van der Waals surface area contributed by atoms with Crippen LogP contribution < -0.4 is 4.90 Å². The van der Waals surface area contributed by atoms with Crippen LogP contribution in [0, 0.1) is 20.8 Å². The maximum absolute atomic E-state index is 12.8. The smallest absolute Gasteiger partial charge is 0.254 e. The standard InChI is InChI=1S/C20H24N2O/c1-15-8-6-9-18(17(15)3)20(23)22-13-11-21(12-14-22)19-10-5-4-7-16(19)2/h4-10H,11-14H2,1-3H3. The Hall–Kier alpha value is -2.29. The van der Waals surface area contributed by atoms with E-state index in [4.69, 9.17) is 0 Å². The van der Waals surface area contributed by atoms with Crippen LogP contribution in [0.1, 0.15) is 27.0 Å². The lowest BCUT2D eigenvalue weighted by molar-refractivity contribution is 0.0746. The Labute approximate surface area is 138 Å². The fraction of sp³-hybridized carbons (Fsp3) is 0.350. The maximum Gasteiger partial charge on any atom is 0.254 e. The Morgan fingerprint density at radius 2 is 1.48 bits per heavy atom. The normalized spacial score (nSPS) is 14.9. The van der Waals surface area contributed by atoms with E-state index in [9.17, 15) is 4.79 Å². The van der Waals surface area contributed by atoms with Gasteiger partial charge in [-0.05, 0) is 49.6 Å². The molecule has 23 heavy (non-hydrogen) atoms. The van der Waals surface area contributed by atoms with E-state index in [1.807, 2.05) is 24.0 Å². The van der Waals surface area contributed by atoms with Gasteiger partial charge in [0.25, 0.3) is 5.91 Å². The summed E-state index contributed by atoms with van der Waals surface area (Å²) in [6.45, 7) is 9.57. The Kier molecular flexibility index (Phi) is 4.37. The lowest BCUT2D eigenvalue weighted by atomic mass is 10.0. The van der Waals surface area contributed by atoms with Gasteiger partial charge in [-0.15, -0.1) is 0 Å². The Balaban J connectivity index is 1.71. The Morgan fingerprint density at radius 3 is 2.17 bits per heavy atom. The second-order valence-electron chi connectivity index (χ2n) is 6.31. The predicted octanol–water partition coefficient (Wildman–Crippen LogP) is 3.57. The number of para-hydroxylation sites is 1. The highest BCUT2D eigenvalue weighted by Gasteiger charge is 2.23. The zero-order valence-corrected chi connectivity index (χ0v) is 14.2. The van der Waals surface area contributed by atoms with Crippen LogP contribution in [0.3, 0.4) is 0 Å². The van der Waals surface area contributed by atoms with Gasteiger partial charge >= 0.3 is 0 Å². The van der Waals surface area contributed by atoms with E-state index in [0.29, 0.717) is 0 Å². The molecule has 0 aromatic heterocycles. The molecule has 0 N–H and O–H groups in total. The summed E-state index contributed by atoms with van der Waals surface area (Å²) < 4.78 is 0. The molecule has 0 atom stereocenters. The van der Waals surface area contributed by atoms with Crippen LogP contribution in [0.5, 0.6) is 0 Å². The number of rotatable bonds is 2. The number of benzene rings is 2. The number of carbonyl (C=O) groups excluding carboxylic acids is 1. The van der Waals surface area contributed by atoms with E-state index in [2.05, 4.69) is 49.1 Å². The lowest BCUT2D eigenvalue weighted by Crippen LogP contribution is -2.49. The van der Waals surface area contributed by atoms with Gasteiger partial charge in [-0.25, -0.2) is 0 Å². The SMILES string of the molecule is Cc1ccccc1N1CCN(C(=O)c2cccc(C)c2C)CC1. The van der Waals surface area contributed by atoms with Gasteiger partial charge in [-0.2, -0.15) is 0 Å². The molecule has 0 bridgehead atoms. The molecule has 1 aliphatic heterocycles. The molecule has 0 unspecified atom stereocenters. The predicted molar refractivity (Wildman–Crippen MR) is 95.2 cm³/mol. The minimum Gasteiger partial charge on any atom is -0.368 e. The first-order valence-electron chi connectivity index (χ1n) is 8.24. The van der Waals surface area contributed by atoms with E-state index < -0.39 is 0 Å². The van der Waals surface area contributed by atoms with Crippen molar-refractivity contribution in [2.45, 2.75) is 20.8 Å². The summed E-state index contributed by atoms with van der Waals surface area (Å²) in [4.78, 5) is 17.2. The number of hydrogen-bond acceptors (Lipinski definition) is 2. The number of anilines is 1. The van der Waals surface area contributed by atoms with Crippen molar-refractivity contribution in [2.75, 3.05) is 31.1 Å². The average Bonchev–Trinajstić information content (AvgIpc) is 2.57. The molecule has 2 aromatic rings. The molecule has 3 rings (SSSR count). The molecule has 1 aliphatic rings. The van der Waals surface area contributed by atoms with E-state index in [1.165, 1.54) is 16.8 Å². The fourth-order valence-electron chi connectivity index (χ4n) is 3.22. The van der Waals surface area contributed by atoms with Gasteiger partial charge in [0.05, 0.1) is 0 Å². The number of nitrogens with zero attached hydrogens (tertiary/aromatic N) is 2. The number of hydrogen-bond donors (Lipinski definition) is 0. The second-order valence-corrected chi connectivity index (χ2v) is 6.31. The van der Waals surface area contributed by atoms with E-state index in [1.54, 1.807) is 0 Å². The molecule has 1 fully saturated rings. The van der Waals surface area contributed by atoms with Crippen molar-refractivity contribution in [1.29, 1.82) is 0 Å². The van der Waals surface area contributed by atoms with Crippen molar-refractivity contribution in [1.82, 2.24) is 4.90 Å². The second kappa shape index (κ2) is 6.45. The fourth-order valence-corrected chi connectivity index (χ4v) is 3.22. The number of carbonyl (C=O) groups is 1. The largest absolute Gasteiger partial charge is 0.368 e. The van der Waals surface area contributed by atoms with Crippen molar-refractivity contribution >= 4 is 11.6 Å². The molecule has 1 saturated heterocycles. The summed E-state index contributed by atoms with van der Waals surface area (Å²) in [6.07, 6.45) is 0. The summed E-state index contributed by atoms with van der Waals surface area (Å²) in [6, 6.07) is 14.4. The van der Waals surface area contributed by atoms with Crippen LogP contribution in [0.15, 0.2) is 42.5 Å². The minimum absolute atomic E-state index is 0.163. The molecular formula is C20H24N2O. The molecule has 0 spiro atoms. The average molecular weight is 308 g/mol. The molecular weight excluding hydrogens is 284 g/mol. The summed E-state index contributed by atoms with van der Waals surface area (Å²) in [5.74, 6) is 0.163. The van der Waals surface area contributed by atoms with Crippen LogP contribution in [0.2, 0.25) is 0 Å². The lowest BCUT2D eigenvalue weighted by Gasteiger charge is -2.37. The van der Waals surface area contributed by atoms with Crippen molar-refractivity contribution in [3.8, 4) is 0 Å². The highest BCUT2D eigenvalue weighted by atomic mass is 16.2. The Bertz CT molecular complexity index is 715.